The van der Waals surface area contributed by atoms with Crippen LogP contribution in [0.5, 0.6) is 0 Å². The molecule has 1 N–H and O–H groups in total. The van der Waals surface area contributed by atoms with E-state index < -0.39 is 0 Å². The van der Waals surface area contributed by atoms with E-state index in [2.05, 4.69) is 33.0 Å². The van der Waals surface area contributed by atoms with Crippen LogP contribution in [-0.4, -0.2) is 41.8 Å². The van der Waals surface area contributed by atoms with Crippen molar-refractivity contribution < 1.29 is 9.53 Å². The topological polar surface area (TPSA) is 41.6 Å². The standard InChI is InChI=1S/C13H24N2O2/c1-9(2)11-12(16)15(8-14-11)10-5-6-17-13(3,4)7-10/h9-11,14H,5-8H2,1-4H3. The summed E-state index contributed by atoms with van der Waals surface area (Å²) in [5, 5.41) is 3.32. The van der Waals surface area contributed by atoms with E-state index in [4.69, 9.17) is 4.74 Å². The fraction of sp³-hybridized carbons (Fsp3) is 0.923. The molecule has 0 aromatic carbocycles. The molecule has 1 amide bonds. The van der Waals surface area contributed by atoms with Crippen LogP contribution in [-0.2, 0) is 9.53 Å². The Labute approximate surface area is 104 Å². The van der Waals surface area contributed by atoms with E-state index in [-0.39, 0.29) is 17.6 Å². The average molecular weight is 240 g/mol. The Bertz CT molecular complexity index is 302. The van der Waals surface area contributed by atoms with Gasteiger partial charge in [0.1, 0.15) is 0 Å². The second-order valence-electron chi connectivity index (χ2n) is 6.15. The maximum Gasteiger partial charge on any atom is 0.241 e. The van der Waals surface area contributed by atoms with Crippen molar-refractivity contribution in [3.63, 3.8) is 0 Å². The second kappa shape index (κ2) is 4.58. The van der Waals surface area contributed by atoms with Gasteiger partial charge in [-0.1, -0.05) is 13.8 Å². The SMILES string of the molecule is CC(C)C1NCN(C2CCOC(C)(C)C2)C1=O. The molecule has 2 unspecified atom stereocenters. The zero-order valence-electron chi connectivity index (χ0n) is 11.3. The minimum Gasteiger partial charge on any atom is -0.375 e. The van der Waals surface area contributed by atoms with Gasteiger partial charge in [0.25, 0.3) is 0 Å². The molecule has 2 atom stereocenters. The van der Waals surface area contributed by atoms with Crippen molar-refractivity contribution in [1.29, 1.82) is 0 Å². The summed E-state index contributed by atoms with van der Waals surface area (Å²) < 4.78 is 5.71. The minimum absolute atomic E-state index is 0.000886. The molecular weight excluding hydrogens is 216 g/mol. The molecule has 0 radical (unpaired) electrons. The summed E-state index contributed by atoms with van der Waals surface area (Å²) in [7, 11) is 0. The molecule has 0 aliphatic carbocycles. The molecule has 0 bridgehead atoms. The van der Waals surface area contributed by atoms with Crippen LogP contribution in [0, 0.1) is 5.92 Å². The molecule has 2 aliphatic heterocycles. The number of rotatable bonds is 2. The van der Waals surface area contributed by atoms with Crippen LogP contribution in [0.1, 0.15) is 40.5 Å². The molecule has 0 saturated carbocycles. The molecule has 2 heterocycles. The lowest BCUT2D eigenvalue weighted by Crippen LogP contribution is -2.47. The highest BCUT2D eigenvalue weighted by molar-refractivity contribution is 5.84. The van der Waals surface area contributed by atoms with Gasteiger partial charge in [-0.3, -0.25) is 10.1 Å². The van der Waals surface area contributed by atoms with Gasteiger partial charge in [-0.25, -0.2) is 0 Å². The summed E-state index contributed by atoms with van der Waals surface area (Å²) in [6, 6.07) is 0.337. The number of hydrogen-bond acceptors (Lipinski definition) is 3. The van der Waals surface area contributed by atoms with Crippen LogP contribution < -0.4 is 5.32 Å². The predicted octanol–water partition coefficient (Wildman–Crippen LogP) is 1.36. The third-order valence-electron chi connectivity index (χ3n) is 3.81. The number of nitrogens with zero attached hydrogens (tertiary/aromatic N) is 1. The first-order chi connectivity index (χ1) is 7.91. The lowest BCUT2D eigenvalue weighted by molar-refractivity contribution is -0.137. The van der Waals surface area contributed by atoms with E-state index in [0.717, 1.165) is 19.4 Å². The molecule has 4 nitrogen and oxygen atoms in total. The van der Waals surface area contributed by atoms with Crippen molar-refractivity contribution in [2.24, 2.45) is 5.92 Å². The van der Waals surface area contributed by atoms with Crippen LogP contribution >= 0.6 is 0 Å². The summed E-state index contributed by atoms with van der Waals surface area (Å²) in [5.74, 6) is 0.628. The Morgan fingerprint density at radius 3 is 2.71 bits per heavy atom. The molecule has 2 rings (SSSR count). The van der Waals surface area contributed by atoms with Crippen molar-refractivity contribution in [2.75, 3.05) is 13.3 Å². The number of carbonyl (C=O) groups excluding carboxylic acids is 1. The van der Waals surface area contributed by atoms with E-state index in [1.54, 1.807) is 0 Å². The van der Waals surface area contributed by atoms with Crippen LogP contribution in [0.25, 0.3) is 0 Å². The average Bonchev–Trinajstić information content (AvgIpc) is 2.58. The maximum atomic E-state index is 12.3. The summed E-state index contributed by atoms with van der Waals surface area (Å²) in [4.78, 5) is 14.3. The molecule has 0 aromatic rings. The van der Waals surface area contributed by atoms with Gasteiger partial charge < -0.3 is 9.64 Å². The van der Waals surface area contributed by atoms with Gasteiger partial charge >= 0.3 is 0 Å². The molecule has 2 aliphatic rings. The lowest BCUT2D eigenvalue weighted by Gasteiger charge is -2.39. The van der Waals surface area contributed by atoms with E-state index >= 15 is 0 Å². The predicted molar refractivity (Wildman–Crippen MR) is 66.5 cm³/mol. The van der Waals surface area contributed by atoms with Gasteiger partial charge in [0.15, 0.2) is 0 Å². The normalized spacial score (nSPS) is 33.5. The highest BCUT2D eigenvalue weighted by Crippen LogP contribution is 2.29. The Kier molecular flexibility index (Phi) is 3.46. The zero-order valence-corrected chi connectivity index (χ0v) is 11.3. The van der Waals surface area contributed by atoms with E-state index in [9.17, 15) is 4.79 Å². The largest absolute Gasteiger partial charge is 0.375 e. The van der Waals surface area contributed by atoms with Gasteiger partial charge in [0.05, 0.1) is 18.3 Å². The van der Waals surface area contributed by atoms with Crippen molar-refractivity contribution in [2.45, 2.75) is 58.2 Å². The Hall–Kier alpha value is -0.610. The first-order valence-corrected chi connectivity index (χ1v) is 6.58. The molecule has 4 heteroatoms. The third kappa shape index (κ3) is 2.63. The van der Waals surface area contributed by atoms with Gasteiger partial charge in [-0.15, -0.1) is 0 Å². The highest BCUT2D eigenvalue weighted by Gasteiger charge is 2.40. The van der Waals surface area contributed by atoms with Gasteiger partial charge in [-0.05, 0) is 32.6 Å². The number of nitrogens with one attached hydrogen (secondary N) is 1. The number of hydrogen-bond donors (Lipinski definition) is 1. The number of carbonyl (C=O) groups is 1. The zero-order chi connectivity index (χ0) is 12.6. The van der Waals surface area contributed by atoms with E-state index in [1.807, 2.05) is 4.90 Å². The Balaban J connectivity index is 2.02. The van der Waals surface area contributed by atoms with Crippen molar-refractivity contribution in [3.8, 4) is 0 Å². The van der Waals surface area contributed by atoms with Crippen LogP contribution in [0.15, 0.2) is 0 Å². The summed E-state index contributed by atoms with van der Waals surface area (Å²) in [6.07, 6.45) is 1.90. The van der Waals surface area contributed by atoms with Crippen LogP contribution in [0.4, 0.5) is 0 Å². The van der Waals surface area contributed by atoms with Crippen LogP contribution in [0.3, 0.4) is 0 Å². The van der Waals surface area contributed by atoms with E-state index in [1.165, 1.54) is 0 Å². The molecule has 0 aromatic heterocycles. The van der Waals surface area contributed by atoms with Gasteiger partial charge in [-0.2, -0.15) is 0 Å². The second-order valence-corrected chi connectivity index (χ2v) is 6.15. The summed E-state index contributed by atoms with van der Waals surface area (Å²) in [6.45, 7) is 9.84. The molecule has 98 valence electrons. The fourth-order valence-electron chi connectivity index (χ4n) is 2.84. The Morgan fingerprint density at radius 1 is 1.47 bits per heavy atom. The highest BCUT2D eigenvalue weighted by atomic mass is 16.5. The maximum absolute atomic E-state index is 12.3. The fourth-order valence-corrected chi connectivity index (χ4v) is 2.84. The van der Waals surface area contributed by atoms with Crippen molar-refractivity contribution >= 4 is 5.91 Å². The molecule has 17 heavy (non-hydrogen) atoms. The molecule has 0 spiro atoms. The molecular formula is C13H24N2O2. The molecule has 2 saturated heterocycles. The van der Waals surface area contributed by atoms with Gasteiger partial charge in [0, 0.05) is 12.6 Å². The minimum atomic E-state index is -0.0981. The monoisotopic (exact) mass is 240 g/mol. The first-order valence-electron chi connectivity index (χ1n) is 6.58. The Morgan fingerprint density at radius 2 is 2.18 bits per heavy atom. The number of amides is 1. The summed E-state index contributed by atoms with van der Waals surface area (Å²) >= 11 is 0. The smallest absolute Gasteiger partial charge is 0.241 e. The first kappa shape index (κ1) is 12.8. The van der Waals surface area contributed by atoms with Crippen molar-refractivity contribution in [3.05, 3.63) is 0 Å². The number of ether oxygens (including phenoxy) is 1. The van der Waals surface area contributed by atoms with Crippen molar-refractivity contribution in [1.82, 2.24) is 10.2 Å². The van der Waals surface area contributed by atoms with E-state index in [0.29, 0.717) is 18.6 Å². The third-order valence-corrected chi connectivity index (χ3v) is 3.81. The van der Waals surface area contributed by atoms with Gasteiger partial charge in [0.2, 0.25) is 5.91 Å². The summed E-state index contributed by atoms with van der Waals surface area (Å²) in [5.41, 5.74) is -0.0981. The van der Waals surface area contributed by atoms with Crippen LogP contribution in [0.2, 0.25) is 0 Å². The molecule has 2 fully saturated rings. The quantitative estimate of drug-likeness (QED) is 0.792. The lowest BCUT2D eigenvalue weighted by atomic mass is 9.92.